The Hall–Kier alpha value is -3.74. The molecule has 1 aromatic heterocycles. The molecule has 0 radical (unpaired) electrons. The Balaban J connectivity index is 1.56. The lowest BCUT2D eigenvalue weighted by atomic mass is 10.1. The quantitative estimate of drug-likeness (QED) is 0.646. The predicted octanol–water partition coefficient (Wildman–Crippen LogP) is 4.17. The number of hydrogen-bond donors (Lipinski definition) is 2. The molecule has 2 aromatic carbocycles. The topological polar surface area (TPSA) is 86.0 Å². The normalized spacial score (nSPS) is 13.9. The molecule has 0 unspecified atom stereocenters. The molecule has 2 heterocycles. The molecule has 0 saturated carbocycles. The summed E-state index contributed by atoms with van der Waals surface area (Å²) in [7, 11) is 0. The first-order valence-corrected chi connectivity index (χ1v) is 10.2. The lowest BCUT2D eigenvalue weighted by molar-refractivity contribution is 0.0696. The van der Waals surface area contributed by atoms with Crippen LogP contribution >= 0.6 is 0 Å². The standard InChI is InChI=1S/C24H25N3O4/c1-16-5-3-4-6-20(16)26-11-13-27(14-12-26)21-9-8-18(24(29)30)15-19(21)25-23(28)22-10-7-17(2)31-22/h3-10,15H,11-14H2,1-2H3,(H,25,28)(H,29,30). The smallest absolute Gasteiger partial charge is 0.335 e. The highest BCUT2D eigenvalue weighted by atomic mass is 16.4. The number of rotatable bonds is 5. The maximum Gasteiger partial charge on any atom is 0.335 e. The van der Waals surface area contributed by atoms with E-state index in [-0.39, 0.29) is 11.3 Å². The lowest BCUT2D eigenvalue weighted by Crippen LogP contribution is -2.47. The van der Waals surface area contributed by atoms with Crippen molar-refractivity contribution >= 4 is 28.9 Å². The maximum atomic E-state index is 12.6. The van der Waals surface area contributed by atoms with Gasteiger partial charge < -0.3 is 24.6 Å². The fourth-order valence-electron chi connectivity index (χ4n) is 3.89. The first kappa shape index (κ1) is 20.5. The van der Waals surface area contributed by atoms with Crippen LogP contribution in [0.25, 0.3) is 0 Å². The molecule has 1 saturated heterocycles. The van der Waals surface area contributed by atoms with Crippen molar-refractivity contribution < 1.29 is 19.1 Å². The Kier molecular flexibility index (Phi) is 5.66. The average Bonchev–Trinajstić information content (AvgIpc) is 3.21. The molecule has 7 nitrogen and oxygen atoms in total. The number of carbonyl (C=O) groups excluding carboxylic acids is 1. The molecule has 3 aromatic rings. The first-order chi connectivity index (χ1) is 14.9. The molecule has 160 valence electrons. The minimum Gasteiger partial charge on any atom is -0.478 e. The van der Waals surface area contributed by atoms with Gasteiger partial charge in [0.1, 0.15) is 5.76 Å². The van der Waals surface area contributed by atoms with Gasteiger partial charge in [-0.2, -0.15) is 0 Å². The van der Waals surface area contributed by atoms with Crippen molar-refractivity contribution in [1.82, 2.24) is 0 Å². The van der Waals surface area contributed by atoms with Gasteiger partial charge in [0.15, 0.2) is 5.76 Å². The summed E-state index contributed by atoms with van der Waals surface area (Å²) in [4.78, 5) is 28.6. The molecule has 0 aliphatic carbocycles. The van der Waals surface area contributed by atoms with Crippen LogP contribution in [-0.4, -0.2) is 43.2 Å². The van der Waals surface area contributed by atoms with Crippen LogP contribution in [0.5, 0.6) is 0 Å². The number of benzene rings is 2. The number of carbonyl (C=O) groups is 2. The summed E-state index contributed by atoms with van der Waals surface area (Å²) < 4.78 is 5.41. The van der Waals surface area contributed by atoms with Crippen LogP contribution in [0.4, 0.5) is 17.1 Å². The van der Waals surface area contributed by atoms with E-state index in [0.29, 0.717) is 11.4 Å². The molecule has 31 heavy (non-hydrogen) atoms. The number of carboxylic acids is 1. The van der Waals surface area contributed by atoms with Gasteiger partial charge in [0, 0.05) is 31.9 Å². The van der Waals surface area contributed by atoms with Crippen molar-refractivity contribution in [3.05, 3.63) is 77.2 Å². The van der Waals surface area contributed by atoms with Gasteiger partial charge in [0.2, 0.25) is 0 Å². The third kappa shape index (κ3) is 4.40. The molecule has 0 spiro atoms. The Labute approximate surface area is 180 Å². The van der Waals surface area contributed by atoms with Crippen LogP contribution in [0.15, 0.2) is 59.0 Å². The van der Waals surface area contributed by atoms with Crippen LogP contribution in [0.3, 0.4) is 0 Å². The zero-order valence-corrected chi connectivity index (χ0v) is 17.6. The van der Waals surface area contributed by atoms with Gasteiger partial charge in [0.25, 0.3) is 5.91 Å². The van der Waals surface area contributed by atoms with Crippen molar-refractivity contribution in [3.8, 4) is 0 Å². The Morgan fingerprint density at radius 2 is 1.58 bits per heavy atom. The SMILES string of the molecule is Cc1ccc(C(=O)Nc2cc(C(=O)O)ccc2N2CCN(c3ccccc3C)CC2)o1. The largest absolute Gasteiger partial charge is 0.478 e. The first-order valence-electron chi connectivity index (χ1n) is 10.2. The van der Waals surface area contributed by atoms with Gasteiger partial charge >= 0.3 is 5.97 Å². The highest BCUT2D eigenvalue weighted by Crippen LogP contribution is 2.30. The molecular formula is C24H25N3O4. The summed E-state index contributed by atoms with van der Waals surface area (Å²) in [6, 6.07) is 16.5. The summed E-state index contributed by atoms with van der Waals surface area (Å²) in [5.74, 6) is -0.624. The summed E-state index contributed by atoms with van der Waals surface area (Å²) in [6.07, 6.45) is 0. The van der Waals surface area contributed by atoms with Crippen molar-refractivity contribution in [3.63, 3.8) is 0 Å². The van der Waals surface area contributed by atoms with Gasteiger partial charge in [-0.1, -0.05) is 18.2 Å². The summed E-state index contributed by atoms with van der Waals surface area (Å²) in [5.41, 5.74) is 3.84. The van der Waals surface area contributed by atoms with E-state index in [4.69, 9.17) is 4.42 Å². The minimum absolute atomic E-state index is 0.119. The maximum absolute atomic E-state index is 12.6. The van der Waals surface area contributed by atoms with Gasteiger partial charge in [-0.05, 0) is 55.8 Å². The summed E-state index contributed by atoms with van der Waals surface area (Å²) >= 11 is 0. The van der Waals surface area contributed by atoms with Gasteiger partial charge in [-0.25, -0.2) is 4.79 Å². The third-order valence-corrected chi connectivity index (χ3v) is 5.53. The minimum atomic E-state index is -1.04. The molecule has 0 bridgehead atoms. The Bertz CT molecular complexity index is 1110. The highest BCUT2D eigenvalue weighted by Gasteiger charge is 2.22. The zero-order chi connectivity index (χ0) is 22.0. The fraction of sp³-hybridized carbons (Fsp3) is 0.250. The van der Waals surface area contributed by atoms with Crippen LogP contribution in [-0.2, 0) is 0 Å². The molecule has 4 rings (SSSR count). The third-order valence-electron chi connectivity index (χ3n) is 5.53. The molecule has 0 atom stereocenters. The molecule has 1 aliphatic heterocycles. The van der Waals surface area contributed by atoms with Crippen molar-refractivity contribution in [2.75, 3.05) is 41.3 Å². The van der Waals surface area contributed by atoms with E-state index in [1.54, 1.807) is 31.2 Å². The monoisotopic (exact) mass is 419 g/mol. The Morgan fingerprint density at radius 1 is 0.903 bits per heavy atom. The molecule has 1 aliphatic rings. The zero-order valence-electron chi connectivity index (χ0n) is 17.6. The van der Waals surface area contributed by atoms with Crippen molar-refractivity contribution in [1.29, 1.82) is 0 Å². The van der Waals surface area contributed by atoms with Crippen molar-refractivity contribution in [2.45, 2.75) is 13.8 Å². The molecule has 1 amide bonds. The number of anilines is 3. The van der Waals surface area contributed by atoms with Crippen LogP contribution < -0.4 is 15.1 Å². The molecule has 2 N–H and O–H groups in total. The fourth-order valence-corrected chi connectivity index (χ4v) is 3.89. The number of furan rings is 1. The second-order valence-electron chi connectivity index (χ2n) is 7.66. The van der Waals surface area contributed by atoms with Crippen LogP contribution in [0.2, 0.25) is 0 Å². The molecular weight excluding hydrogens is 394 g/mol. The lowest BCUT2D eigenvalue weighted by Gasteiger charge is -2.38. The van der Waals surface area contributed by atoms with Gasteiger partial charge in [0.05, 0.1) is 16.9 Å². The summed E-state index contributed by atoms with van der Waals surface area (Å²) in [5, 5.41) is 12.2. The number of amides is 1. The second kappa shape index (κ2) is 8.55. The van der Waals surface area contributed by atoms with Crippen LogP contribution in [0, 0.1) is 13.8 Å². The summed E-state index contributed by atoms with van der Waals surface area (Å²) in [6.45, 7) is 7.04. The van der Waals surface area contributed by atoms with E-state index in [9.17, 15) is 14.7 Å². The second-order valence-corrected chi connectivity index (χ2v) is 7.66. The van der Waals surface area contributed by atoms with Gasteiger partial charge in [-0.15, -0.1) is 0 Å². The number of carboxylic acid groups (broad SMARTS) is 1. The van der Waals surface area contributed by atoms with E-state index in [1.165, 1.54) is 17.3 Å². The van der Waals surface area contributed by atoms with E-state index >= 15 is 0 Å². The molecule has 7 heteroatoms. The van der Waals surface area contributed by atoms with E-state index < -0.39 is 11.9 Å². The highest BCUT2D eigenvalue weighted by molar-refractivity contribution is 6.05. The number of aryl methyl sites for hydroxylation is 2. The predicted molar refractivity (Wildman–Crippen MR) is 120 cm³/mol. The van der Waals surface area contributed by atoms with E-state index in [0.717, 1.165) is 31.9 Å². The van der Waals surface area contributed by atoms with Crippen LogP contribution in [0.1, 0.15) is 32.2 Å². The number of para-hydroxylation sites is 1. The number of nitrogens with one attached hydrogen (secondary N) is 1. The number of nitrogens with zero attached hydrogens (tertiary/aromatic N) is 2. The van der Waals surface area contributed by atoms with E-state index in [2.05, 4.69) is 34.2 Å². The Morgan fingerprint density at radius 3 is 2.19 bits per heavy atom. The number of hydrogen-bond acceptors (Lipinski definition) is 5. The number of piperazine rings is 1. The van der Waals surface area contributed by atoms with E-state index in [1.807, 2.05) is 12.1 Å². The van der Waals surface area contributed by atoms with Gasteiger partial charge in [-0.3, -0.25) is 4.79 Å². The number of aromatic carboxylic acids is 1. The molecule has 1 fully saturated rings. The average molecular weight is 419 g/mol. The van der Waals surface area contributed by atoms with Crippen molar-refractivity contribution in [2.24, 2.45) is 0 Å².